The number of hydrogen-bond acceptors (Lipinski definition) is 7. The van der Waals surface area contributed by atoms with E-state index in [1.165, 1.54) is 0 Å². The largest absolute Gasteiger partial charge is 0.298 e. The lowest BCUT2D eigenvalue weighted by molar-refractivity contribution is -0.385. The maximum absolute atomic E-state index is 12.5. The molecule has 0 unspecified atom stereocenters. The average Bonchev–Trinajstić information content (AvgIpc) is 2.44. The molecule has 0 N–H and O–H groups in total. The third-order valence-electron chi connectivity index (χ3n) is 3.86. The van der Waals surface area contributed by atoms with Crippen molar-refractivity contribution in [3.8, 4) is 0 Å². The van der Waals surface area contributed by atoms with Gasteiger partial charge in [0.1, 0.15) is 5.92 Å². The van der Waals surface area contributed by atoms with Crippen molar-refractivity contribution in [2.24, 2.45) is 11.8 Å². The maximum atomic E-state index is 12.5. The number of nitro benzene ring substituents is 1. The number of rotatable bonds is 4. The van der Waals surface area contributed by atoms with Crippen LogP contribution in [0.2, 0.25) is 0 Å². The summed E-state index contributed by atoms with van der Waals surface area (Å²) in [6, 6.07) is 2.80. The first-order valence-corrected chi connectivity index (χ1v) is 8.99. The van der Waals surface area contributed by atoms with Gasteiger partial charge in [-0.15, -0.1) is 0 Å². The fourth-order valence-electron chi connectivity index (χ4n) is 2.72. The fraction of sp³-hybridized carbons (Fsp3) is 0.400. The van der Waals surface area contributed by atoms with Gasteiger partial charge in [0.15, 0.2) is 27.2 Å². The Hall–Kier alpha value is -2.42. The Morgan fingerprint density at radius 2 is 1.75 bits per heavy atom. The van der Waals surface area contributed by atoms with Crippen LogP contribution in [0.3, 0.4) is 0 Å². The molecule has 2 rings (SSSR count). The maximum Gasteiger partial charge on any atom is 0.281 e. The van der Waals surface area contributed by atoms with Gasteiger partial charge in [0.25, 0.3) is 5.69 Å². The van der Waals surface area contributed by atoms with Crippen molar-refractivity contribution in [2.75, 3.05) is 6.26 Å². The summed E-state index contributed by atoms with van der Waals surface area (Å²) < 4.78 is 23.0. The minimum atomic E-state index is -3.70. The summed E-state index contributed by atoms with van der Waals surface area (Å²) in [7, 11) is -3.70. The minimum Gasteiger partial charge on any atom is -0.298 e. The highest BCUT2D eigenvalue weighted by Crippen LogP contribution is 2.30. The second-order valence-corrected chi connectivity index (χ2v) is 7.97. The number of nitrogens with zero attached hydrogens (tertiary/aromatic N) is 1. The highest BCUT2D eigenvalue weighted by Gasteiger charge is 2.41. The second kappa shape index (κ2) is 6.23. The number of hydrogen-bond donors (Lipinski definition) is 0. The van der Waals surface area contributed by atoms with Crippen LogP contribution in [0.25, 0.3) is 0 Å². The summed E-state index contributed by atoms with van der Waals surface area (Å²) in [5, 5.41) is 11.2. The zero-order valence-corrected chi connectivity index (χ0v) is 13.8. The number of Topliss-reactive ketones (excluding diaryl/α,β-unsaturated/α-hetero) is 3. The van der Waals surface area contributed by atoms with Crippen LogP contribution in [0.15, 0.2) is 23.1 Å². The van der Waals surface area contributed by atoms with Gasteiger partial charge in [0.2, 0.25) is 0 Å². The van der Waals surface area contributed by atoms with Crippen LogP contribution >= 0.6 is 0 Å². The number of ketones is 3. The van der Waals surface area contributed by atoms with Gasteiger partial charge in [-0.25, -0.2) is 8.42 Å². The predicted molar refractivity (Wildman–Crippen MR) is 82.4 cm³/mol. The van der Waals surface area contributed by atoms with E-state index in [4.69, 9.17) is 0 Å². The Kier molecular flexibility index (Phi) is 4.66. The first-order chi connectivity index (χ1) is 11.0. The van der Waals surface area contributed by atoms with E-state index in [1.54, 1.807) is 6.92 Å². The zero-order valence-electron chi connectivity index (χ0n) is 13.0. The van der Waals surface area contributed by atoms with E-state index in [9.17, 15) is 32.9 Å². The number of nitro groups is 1. The van der Waals surface area contributed by atoms with Crippen LogP contribution in [0, 0.1) is 22.0 Å². The Balaban J connectivity index is 2.52. The predicted octanol–water partition coefficient (Wildman–Crippen LogP) is 1.37. The summed E-state index contributed by atoms with van der Waals surface area (Å²) in [5.74, 6) is -3.81. The molecule has 0 amide bonds. The van der Waals surface area contributed by atoms with Crippen LogP contribution in [-0.4, -0.2) is 36.9 Å². The molecule has 128 valence electrons. The van der Waals surface area contributed by atoms with Crippen molar-refractivity contribution in [1.82, 2.24) is 0 Å². The molecule has 0 atom stereocenters. The lowest BCUT2D eigenvalue weighted by Gasteiger charge is -2.22. The second-order valence-electron chi connectivity index (χ2n) is 5.95. The van der Waals surface area contributed by atoms with Gasteiger partial charge in [-0.05, 0) is 18.1 Å². The SMILES string of the molecule is CC1CC(=O)C(C(=O)c2ccc(S(C)(=O)=O)cc2[N+](=O)[O-])C(=O)C1. The molecule has 1 saturated carbocycles. The molecular formula is C15H15NO7S. The molecular weight excluding hydrogens is 338 g/mol. The van der Waals surface area contributed by atoms with E-state index in [2.05, 4.69) is 0 Å². The molecule has 0 aliphatic heterocycles. The molecule has 1 aromatic carbocycles. The van der Waals surface area contributed by atoms with Gasteiger partial charge in [-0.2, -0.15) is 0 Å². The van der Waals surface area contributed by atoms with E-state index >= 15 is 0 Å². The van der Waals surface area contributed by atoms with E-state index in [0.29, 0.717) is 0 Å². The highest BCUT2D eigenvalue weighted by atomic mass is 32.2. The van der Waals surface area contributed by atoms with Gasteiger partial charge in [-0.1, -0.05) is 6.92 Å². The molecule has 1 aromatic rings. The third-order valence-corrected chi connectivity index (χ3v) is 4.98. The first-order valence-electron chi connectivity index (χ1n) is 7.10. The van der Waals surface area contributed by atoms with Gasteiger partial charge in [-0.3, -0.25) is 24.5 Å². The van der Waals surface area contributed by atoms with E-state index in [1.807, 2.05) is 0 Å². The zero-order chi connectivity index (χ0) is 18.2. The fourth-order valence-corrected chi connectivity index (χ4v) is 3.36. The van der Waals surface area contributed by atoms with E-state index < -0.39 is 49.3 Å². The quantitative estimate of drug-likeness (QED) is 0.346. The average molecular weight is 353 g/mol. The highest BCUT2D eigenvalue weighted by molar-refractivity contribution is 7.90. The molecule has 9 heteroatoms. The van der Waals surface area contributed by atoms with Gasteiger partial charge in [0, 0.05) is 25.2 Å². The summed E-state index contributed by atoms with van der Waals surface area (Å²) in [4.78, 5) is 46.6. The Morgan fingerprint density at radius 1 is 1.21 bits per heavy atom. The van der Waals surface area contributed by atoms with E-state index in [-0.39, 0.29) is 23.7 Å². The summed E-state index contributed by atoms with van der Waals surface area (Å²) in [6.07, 6.45) is 0.984. The molecule has 0 bridgehead atoms. The van der Waals surface area contributed by atoms with Crippen molar-refractivity contribution in [2.45, 2.75) is 24.7 Å². The molecule has 0 spiro atoms. The molecule has 0 heterocycles. The van der Waals surface area contributed by atoms with Crippen molar-refractivity contribution in [1.29, 1.82) is 0 Å². The summed E-state index contributed by atoms with van der Waals surface area (Å²) >= 11 is 0. The number of sulfone groups is 1. The Bertz CT molecular complexity index is 839. The monoisotopic (exact) mass is 353 g/mol. The van der Waals surface area contributed by atoms with Gasteiger partial charge in [0.05, 0.1) is 15.4 Å². The van der Waals surface area contributed by atoms with Crippen LogP contribution in [0.4, 0.5) is 5.69 Å². The molecule has 24 heavy (non-hydrogen) atoms. The molecule has 0 aromatic heterocycles. The molecule has 0 saturated heterocycles. The minimum absolute atomic E-state index is 0.0529. The summed E-state index contributed by atoms with van der Waals surface area (Å²) in [5.41, 5.74) is -1.17. The number of benzene rings is 1. The van der Waals surface area contributed by atoms with Gasteiger partial charge >= 0.3 is 0 Å². The third kappa shape index (κ3) is 3.40. The topological polar surface area (TPSA) is 128 Å². The first kappa shape index (κ1) is 17.9. The Morgan fingerprint density at radius 3 is 2.21 bits per heavy atom. The smallest absolute Gasteiger partial charge is 0.281 e. The summed E-state index contributed by atoms with van der Waals surface area (Å²) in [6.45, 7) is 1.71. The number of carbonyl (C=O) groups is 3. The van der Waals surface area contributed by atoms with E-state index in [0.717, 1.165) is 24.5 Å². The van der Waals surface area contributed by atoms with Gasteiger partial charge < -0.3 is 0 Å². The lowest BCUT2D eigenvalue weighted by atomic mass is 9.77. The van der Waals surface area contributed by atoms with Crippen molar-refractivity contribution in [3.63, 3.8) is 0 Å². The molecule has 0 radical (unpaired) electrons. The normalized spacial score (nSPS) is 21.6. The van der Waals surface area contributed by atoms with Crippen LogP contribution in [0.5, 0.6) is 0 Å². The lowest BCUT2D eigenvalue weighted by Crippen LogP contribution is -2.38. The molecule has 1 fully saturated rings. The van der Waals surface area contributed by atoms with Crippen molar-refractivity contribution >= 4 is 32.9 Å². The standard InChI is InChI=1S/C15H15NO7S/c1-8-5-12(17)14(13(18)6-8)15(19)10-4-3-9(24(2,22)23)7-11(10)16(20)21/h3-4,7-8,14H,5-6H2,1-2H3. The number of carbonyl (C=O) groups excluding carboxylic acids is 3. The van der Waals surface area contributed by atoms with Crippen molar-refractivity contribution < 1.29 is 27.7 Å². The molecule has 8 nitrogen and oxygen atoms in total. The van der Waals surface area contributed by atoms with Crippen LogP contribution in [-0.2, 0) is 19.4 Å². The van der Waals surface area contributed by atoms with Crippen molar-refractivity contribution in [3.05, 3.63) is 33.9 Å². The van der Waals surface area contributed by atoms with Crippen LogP contribution < -0.4 is 0 Å². The molecule has 1 aliphatic rings. The Labute approximate surface area is 137 Å². The molecule has 1 aliphatic carbocycles. The van der Waals surface area contributed by atoms with Crippen LogP contribution in [0.1, 0.15) is 30.1 Å².